The van der Waals surface area contributed by atoms with Gasteiger partial charge in [-0.05, 0) is 36.8 Å². The van der Waals surface area contributed by atoms with Crippen molar-refractivity contribution in [3.05, 3.63) is 58.9 Å². The summed E-state index contributed by atoms with van der Waals surface area (Å²) in [7, 11) is -3.62. The quantitative estimate of drug-likeness (QED) is 0.486. The minimum Gasteiger partial charge on any atom is -0.457 e. The first kappa shape index (κ1) is 22.7. The highest BCUT2D eigenvalue weighted by atomic mass is 35.5. The molecule has 4 rings (SSSR count). The van der Waals surface area contributed by atoms with Gasteiger partial charge in [0.2, 0.25) is 10.0 Å². The van der Waals surface area contributed by atoms with Gasteiger partial charge in [-0.25, -0.2) is 13.4 Å². The van der Waals surface area contributed by atoms with E-state index in [1.807, 2.05) is 17.6 Å². The standard InChI is InChI=1S/C22H24ClN3O5S/c1-2-26-20-8-7-17(32(28,29)25-9-11-30-12-10-25)14-19(20)24-21(26)15-31-22(27)13-16-5-3-4-6-18(16)23/h3-8,14H,2,9-13,15H2,1H3. The Morgan fingerprint density at radius 2 is 1.94 bits per heavy atom. The summed E-state index contributed by atoms with van der Waals surface area (Å²) in [6.45, 7) is 3.97. The fourth-order valence-electron chi connectivity index (χ4n) is 3.71. The Hall–Kier alpha value is -2.46. The lowest BCUT2D eigenvalue weighted by Gasteiger charge is -2.26. The molecule has 0 saturated carbocycles. The molecule has 0 aliphatic carbocycles. The van der Waals surface area contributed by atoms with Crippen molar-refractivity contribution in [2.75, 3.05) is 26.3 Å². The van der Waals surface area contributed by atoms with Gasteiger partial charge >= 0.3 is 5.97 Å². The van der Waals surface area contributed by atoms with Gasteiger partial charge in [-0.3, -0.25) is 4.79 Å². The van der Waals surface area contributed by atoms with Crippen molar-refractivity contribution >= 4 is 38.6 Å². The molecule has 0 bridgehead atoms. The fraction of sp³-hybridized carbons (Fsp3) is 0.364. The van der Waals surface area contributed by atoms with Crippen LogP contribution in [0.1, 0.15) is 18.3 Å². The van der Waals surface area contributed by atoms with Crippen LogP contribution in [0.5, 0.6) is 0 Å². The van der Waals surface area contributed by atoms with Crippen LogP contribution in [0, 0.1) is 0 Å². The van der Waals surface area contributed by atoms with E-state index in [1.54, 1.807) is 36.4 Å². The topological polar surface area (TPSA) is 90.7 Å². The van der Waals surface area contributed by atoms with Crippen LogP contribution < -0.4 is 0 Å². The van der Waals surface area contributed by atoms with E-state index in [0.717, 1.165) is 5.52 Å². The molecule has 1 aliphatic rings. The first-order chi connectivity index (χ1) is 15.4. The van der Waals surface area contributed by atoms with E-state index in [9.17, 15) is 13.2 Å². The second-order valence-corrected chi connectivity index (χ2v) is 9.71. The number of carbonyl (C=O) groups excluding carboxylic acids is 1. The fourth-order valence-corrected chi connectivity index (χ4v) is 5.34. The number of benzene rings is 2. The molecule has 1 aromatic heterocycles. The van der Waals surface area contributed by atoms with Crippen LogP contribution in [-0.2, 0) is 43.9 Å². The van der Waals surface area contributed by atoms with E-state index in [1.165, 1.54) is 4.31 Å². The molecule has 1 fully saturated rings. The van der Waals surface area contributed by atoms with Crippen molar-refractivity contribution < 1.29 is 22.7 Å². The number of sulfonamides is 1. The first-order valence-corrected chi connectivity index (χ1v) is 12.2. The predicted octanol–water partition coefficient (Wildman–Crippen LogP) is 3.02. The monoisotopic (exact) mass is 477 g/mol. The molecule has 2 aromatic carbocycles. The lowest BCUT2D eigenvalue weighted by molar-refractivity contribution is -0.144. The SMILES string of the molecule is CCn1c(COC(=O)Cc2ccccc2Cl)nc2cc(S(=O)(=O)N3CCOCC3)ccc21. The largest absolute Gasteiger partial charge is 0.457 e. The van der Waals surface area contributed by atoms with Gasteiger partial charge in [0.05, 0.1) is 35.6 Å². The van der Waals surface area contributed by atoms with E-state index in [-0.39, 0.29) is 17.9 Å². The zero-order valence-electron chi connectivity index (χ0n) is 17.7. The number of imidazole rings is 1. The molecule has 10 heteroatoms. The summed E-state index contributed by atoms with van der Waals surface area (Å²) in [6.07, 6.45) is 0.0635. The number of aromatic nitrogens is 2. The molecule has 0 radical (unpaired) electrons. The molecule has 32 heavy (non-hydrogen) atoms. The molecule has 0 N–H and O–H groups in total. The number of hydrogen-bond acceptors (Lipinski definition) is 6. The van der Waals surface area contributed by atoms with Gasteiger partial charge in [0.25, 0.3) is 0 Å². The Kier molecular flexibility index (Phi) is 6.80. The van der Waals surface area contributed by atoms with E-state index in [2.05, 4.69) is 4.98 Å². The maximum absolute atomic E-state index is 13.0. The summed E-state index contributed by atoms with van der Waals surface area (Å²) >= 11 is 6.11. The van der Waals surface area contributed by atoms with E-state index >= 15 is 0 Å². The molecule has 170 valence electrons. The molecule has 0 atom stereocenters. The number of fused-ring (bicyclic) bond motifs is 1. The molecular formula is C22H24ClN3O5S. The van der Waals surface area contributed by atoms with Crippen molar-refractivity contribution in [2.45, 2.75) is 31.4 Å². The zero-order valence-corrected chi connectivity index (χ0v) is 19.2. The molecular weight excluding hydrogens is 454 g/mol. The Bertz CT molecular complexity index is 1240. The van der Waals surface area contributed by atoms with E-state index in [0.29, 0.717) is 54.8 Å². The van der Waals surface area contributed by atoms with Crippen LogP contribution >= 0.6 is 11.6 Å². The lowest BCUT2D eigenvalue weighted by Crippen LogP contribution is -2.40. The highest BCUT2D eigenvalue weighted by Gasteiger charge is 2.27. The van der Waals surface area contributed by atoms with Gasteiger partial charge in [0.1, 0.15) is 12.4 Å². The number of halogens is 1. The van der Waals surface area contributed by atoms with Crippen molar-refractivity contribution in [3.8, 4) is 0 Å². The molecule has 0 spiro atoms. The summed E-state index contributed by atoms with van der Waals surface area (Å²) in [4.78, 5) is 17.0. The van der Waals surface area contributed by atoms with Crippen molar-refractivity contribution in [3.63, 3.8) is 0 Å². The van der Waals surface area contributed by atoms with E-state index < -0.39 is 16.0 Å². The molecule has 0 amide bonds. The zero-order chi connectivity index (χ0) is 22.7. The minimum atomic E-state index is -3.62. The van der Waals surface area contributed by atoms with Crippen LogP contribution in [-0.4, -0.2) is 54.5 Å². The number of morpholine rings is 1. The highest BCUT2D eigenvalue weighted by Crippen LogP contribution is 2.24. The molecule has 1 aliphatic heterocycles. The summed E-state index contributed by atoms with van der Waals surface area (Å²) in [5.41, 5.74) is 2.02. The maximum Gasteiger partial charge on any atom is 0.310 e. The normalized spacial score (nSPS) is 15.2. The summed E-state index contributed by atoms with van der Waals surface area (Å²) < 4.78 is 39.9. The van der Waals surface area contributed by atoms with Gasteiger partial charge in [0.15, 0.2) is 0 Å². The Morgan fingerprint density at radius 3 is 2.66 bits per heavy atom. The van der Waals surface area contributed by atoms with Gasteiger partial charge < -0.3 is 14.0 Å². The second-order valence-electron chi connectivity index (χ2n) is 7.37. The molecule has 0 unspecified atom stereocenters. The van der Waals surface area contributed by atoms with Crippen LogP contribution in [0.4, 0.5) is 0 Å². The maximum atomic E-state index is 13.0. The smallest absolute Gasteiger partial charge is 0.310 e. The highest BCUT2D eigenvalue weighted by molar-refractivity contribution is 7.89. The van der Waals surface area contributed by atoms with Gasteiger partial charge in [0, 0.05) is 24.7 Å². The number of carbonyl (C=O) groups is 1. The third-order valence-electron chi connectivity index (χ3n) is 5.38. The molecule has 2 heterocycles. The van der Waals surface area contributed by atoms with E-state index in [4.69, 9.17) is 21.1 Å². The third kappa shape index (κ3) is 4.66. The third-order valence-corrected chi connectivity index (χ3v) is 7.64. The number of aryl methyl sites for hydroxylation is 1. The Balaban J connectivity index is 1.53. The number of ether oxygens (including phenoxy) is 2. The second kappa shape index (κ2) is 9.58. The van der Waals surface area contributed by atoms with Crippen LogP contribution in [0.3, 0.4) is 0 Å². The van der Waals surface area contributed by atoms with Crippen LogP contribution in [0.25, 0.3) is 11.0 Å². The van der Waals surface area contributed by atoms with Crippen molar-refractivity contribution in [1.82, 2.24) is 13.9 Å². The summed E-state index contributed by atoms with van der Waals surface area (Å²) in [5, 5.41) is 0.513. The van der Waals surface area contributed by atoms with Crippen molar-refractivity contribution in [2.24, 2.45) is 0 Å². The molecule has 1 saturated heterocycles. The Morgan fingerprint density at radius 1 is 1.19 bits per heavy atom. The molecule has 8 nitrogen and oxygen atoms in total. The average molecular weight is 478 g/mol. The van der Waals surface area contributed by atoms with Gasteiger partial charge in [-0.1, -0.05) is 29.8 Å². The van der Waals surface area contributed by atoms with Crippen molar-refractivity contribution in [1.29, 1.82) is 0 Å². The predicted molar refractivity (Wildman–Crippen MR) is 120 cm³/mol. The minimum absolute atomic E-state index is 0.0165. The number of nitrogens with zero attached hydrogens (tertiary/aromatic N) is 3. The Labute approximate surface area is 191 Å². The summed E-state index contributed by atoms with van der Waals surface area (Å²) in [6, 6.07) is 12.0. The number of rotatable bonds is 7. The van der Waals surface area contributed by atoms with Gasteiger partial charge in [-0.2, -0.15) is 4.31 Å². The summed E-state index contributed by atoms with van der Waals surface area (Å²) in [5.74, 6) is 0.138. The first-order valence-electron chi connectivity index (χ1n) is 10.4. The van der Waals surface area contributed by atoms with Crippen LogP contribution in [0.2, 0.25) is 5.02 Å². The average Bonchev–Trinajstić information content (AvgIpc) is 3.16. The lowest BCUT2D eigenvalue weighted by atomic mass is 10.1. The number of esters is 1. The number of hydrogen-bond donors (Lipinski definition) is 0. The molecule has 3 aromatic rings. The van der Waals surface area contributed by atoms with Crippen LogP contribution in [0.15, 0.2) is 47.4 Å². The van der Waals surface area contributed by atoms with Gasteiger partial charge in [-0.15, -0.1) is 0 Å².